The first-order chi connectivity index (χ1) is 4.94. The lowest BCUT2D eigenvalue weighted by Crippen LogP contribution is -2.29. The Morgan fingerprint density at radius 3 is 2.27 bits per heavy atom. The number of Topliss-reactive ketones (excluding diaryl/α,β-unsaturated/α-hetero) is 1. The highest BCUT2D eigenvalue weighted by atomic mass is 16.1. The first-order valence-corrected chi connectivity index (χ1v) is 4.47. The Hall–Kier alpha value is -0.330. The largest absolute Gasteiger partial charge is 0.299 e. The van der Waals surface area contributed by atoms with Gasteiger partial charge < -0.3 is 0 Å². The second kappa shape index (κ2) is 1.70. The Morgan fingerprint density at radius 2 is 2.00 bits per heavy atom. The third-order valence-corrected chi connectivity index (χ3v) is 3.75. The molecule has 1 heteroatoms. The van der Waals surface area contributed by atoms with Gasteiger partial charge in [-0.05, 0) is 24.2 Å². The van der Waals surface area contributed by atoms with Crippen LogP contribution in [0.4, 0.5) is 0 Å². The molecule has 0 saturated heterocycles. The van der Waals surface area contributed by atoms with Crippen molar-refractivity contribution >= 4 is 5.78 Å². The highest BCUT2D eigenvalue weighted by Gasteiger charge is 2.56. The van der Waals surface area contributed by atoms with E-state index in [4.69, 9.17) is 0 Å². The molecule has 2 fully saturated rings. The van der Waals surface area contributed by atoms with Crippen molar-refractivity contribution in [3.8, 4) is 0 Å². The third kappa shape index (κ3) is 0.800. The van der Waals surface area contributed by atoms with Gasteiger partial charge in [-0.15, -0.1) is 0 Å². The summed E-state index contributed by atoms with van der Waals surface area (Å²) in [4.78, 5) is 11.4. The molecule has 2 saturated carbocycles. The molecule has 0 unspecified atom stereocenters. The van der Waals surface area contributed by atoms with Gasteiger partial charge in [0.25, 0.3) is 0 Å². The minimum atomic E-state index is 0.0637. The van der Waals surface area contributed by atoms with Crippen LogP contribution < -0.4 is 0 Å². The van der Waals surface area contributed by atoms with Crippen LogP contribution in [-0.4, -0.2) is 5.78 Å². The summed E-state index contributed by atoms with van der Waals surface area (Å²) in [6.07, 6.45) is 3.12. The molecule has 0 radical (unpaired) electrons. The molecular formula is C10H16O. The Labute approximate surface area is 68.2 Å². The third-order valence-electron chi connectivity index (χ3n) is 3.75. The Balaban J connectivity index is 2.34. The molecule has 62 valence electrons. The number of carbonyl (C=O) groups excluding carboxylic acids is 1. The average Bonchev–Trinajstić information content (AvgIpc) is 2.16. The number of hydrogen-bond acceptors (Lipinski definition) is 1. The van der Waals surface area contributed by atoms with Crippen molar-refractivity contribution in [2.24, 2.45) is 16.7 Å². The number of rotatable bonds is 0. The smallest absolute Gasteiger partial charge is 0.139 e. The molecule has 0 N–H and O–H groups in total. The van der Waals surface area contributed by atoms with Crippen LogP contribution in [0.3, 0.4) is 0 Å². The van der Waals surface area contributed by atoms with Crippen LogP contribution in [0.2, 0.25) is 0 Å². The Morgan fingerprint density at radius 1 is 1.36 bits per heavy atom. The van der Waals surface area contributed by atoms with E-state index in [1.807, 2.05) is 0 Å². The fourth-order valence-corrected chi connectivity index (χ4v) is 3.07. The summed E-state index contributed by atoms with van der Waals surface area (Å²) in [5.74, 6) is 1.20. The molecule has 2 aliphatic rings. The van der Waals surface area contributed by atoms with Crippen molar-refractivity contribution in [1.29, 1.82) is 0 Å². The van der Waals surface area contributed by atoms with E-state index >= 15 is 0 Å². The van der Waals surface area contributed by atoms with Crippen LogP contribution in [0, 0.1) is 16.7 Å². The average molecular weight is 152 g/mol. The molecule has 2 atom stereocenters. The number of ketones is 1. The molecule has 11 heavy (non-hydrogen) atoms. The fourth-order valence-electron chi connectivity index (χ4n) is 3.07. The van der Waals surface area contributed by atoms with Crippen LogP contribution in [0.25, 0.3) is 0 Å². The van der Waals surface area contributed by atoms with Gasteiger partial charge in [0.2, 0.25) is 0 Å². The first kappa shape index (κ1) is 7.33. The molecule has 0 aromatic heterocycles. The monoisotopic (exact) mass is 152 g/mol. The molecule has 1 nitrogen and oxygen atoms in total. The minimum absolute atomic E-state index is 0.0637. The van der Waals surface area contributed by atoms with Gasteiger partial charge in [-0.3, -0.25) is 4.79 Å². The standard InChI is InChI=1S/C10H16O/c1-9(2)6-10(3)5-7(9)4-8(10)11/h7H,4-6H2,1-3H3/t7-,10-/m0/s1. The highest BCUT2D eigenvalue weighted by molar-refractivity contribution is 5.88. The van der Waals surface area contributed by atoms with Crippen LogP contribution in [0.5, 0.6) is 0 Å². The normalized spacial score (nSPS) is 46.8. The maximum Gasteiger partial charge on any atom is 0.139 e. The zero-order valence-corrected chi connectivity index (χ0v) is 7.61. The summed E-state index contributed by atoms with van der Waals surface area (Å²) in [7, 11) is 0. The van der Waals surface area contributed by atoms with Crippen LogP contribution in [0.15, 0.2) is 0 Å². The topological polar surface area (TPSA) is 17.1 Å². The zero-order chi connectivity index (χ0) is 8.28. The summed E-state index contributed by atoms with van der Waals surface area (Å²) >= 11 is 0. The maximum absolute atomic E-state index is 11.4. The summed E-state index contributed by atoms with van der Waals surface area (Å²) < 4.78 is 0. The summed E-state index contributed by atoms with van der Waals surface area (Å²) in [5, 5.41) is 0. The number of carbonyl (C=O) groups is 1. The molecule has 0 spiro atoms. The predicted octanol–water partition coefficient (Wildman–Crippen LogP) is 2.40. The highest BCUT2D eigenvalue weighted by Crippen LogP contribution is 2.60. The molecule has 0 amide bonds. The molecule has 2 aliphatic carbocycles. The van der Waals surface area contributed by atoms with Gasteiger partial charge in [-0.25, -0.2) is 0 Å². The van der Waals surface area contributed by atoms with Crippen molar-refractivity contribution in [2.75, 3.05) is 0 Å². The molecular weight excluding hydrogens is 136 g/mol. The van der Waals surface area contributed by atoms with Gasteiger partial charge in [0, 0.05) is 11.8 Å². The summed E-state index contributed by atoms with van der Waals surface area (Å²) in [5.41, 5.74) is 0.497. The molecule has 2 bridgehead atoms. The van der Waals surface area contributed by atoms with E-state index in [1.54, 1.807) is 0 Å². The quantitative estimate of drug-likeness (QED) is 0.521. The van der Waals surface area contributed by atoms with E-state index in [0.29, 0.717) is 17.1 Å². The zero-order valence-electron chi connectivity index (χ0n) is 7.61. The summed E-state index contributed by atoms with van der Waals surface area (Å²) in [6, 6.07) is 0. The second-order valence-corrected chi connectivity index (χ2v) is 5.25. The summed E-state index contributed by atoms with van der Waals surface area (Å²) in [6.45, 7) is 6.74. The van der Waals surface area contributed by atoms with E-state index < -0.39 is 0 Å². The van der Waals surface area contributed by atoms with E-state index in [0.717, 1.165) is 19.3 Å². The van der Waals surface area contributed by atoms with Crippen molar-refractivity contribution in [3.63, 3.8) is 0 Å². The van der Waals surface area contributed by atoms with Gasteiger partial charge in [-0.2, -0.15) is 0 Å². The number of fused-ring (bicyclic) bond motifs is 2. The fraction of sp³-hybridized carbons (Fsp3) is 0.900. The SMILES string of the molecule is CC1(C)C[C@]2(C)C[C@@H]1CC2=O. The molecule has 0 aromatic rings. The van der Waals surface area contributed by atoms with E-state index in [-0.39, 0.29) is 5.41 Å². The maximum atomic E-state index is 11.4. The Bertz CT molecular complexity index is 217. The van der Waals surface area contributed by atoms with Gasteiger partial charge in [-0.1, -0.05) is 20.8 Å². The van der Waals surface area contributed by atoms with Crippen LogP contribution in [-0.2, 0) is 4.79 Å². The van der Waals surface area contributed by atoms with Crippen molar-refractivity contribution in [1.82, 2.24) is 0 Å². The van der Waals surface area contributed by atoms with Gasteiger partial charge in [0.15, 0.2) is 0 Å². The minimum Gasteiger partial charge on any atom is -0.299 e. The molecule has 2 rings (SSSR count). The predicted molar refractivity (Wildman–Crippen MR) is 44.2 cm³/mol. The van der Waals surface area contributed by atoms with E-state index in [2.05, 4.69) is 20.8 Å². The lowest BCUT2D eigenvalue weighted by atomic mass is 9.72. The first-order valence-electron chi connectivity index (χ1n) is 4.47. The number of hydrogen-bond donors (Lipinski definition) is 0. The van der Waals surface area contributed by atoms with Crippen molar-refractivity contribution < 1.29 is 4.79 Å². The Kier molecular flexibility index (Phi) is 1.13. The molecule has 0 aromatic carbocycles. The lowest BCUT2D eigenvalue weighted by Gasteiger charge is -2.31. The van der Waals surface area contributed by atoms with E-state index in [1.165, 1.54) is 0 Å². The molecule has 0 heterocycles. The van der Waals surface area contributed by atoms with Crippen molar-refractivity contribution in [2.45, 2.75) is 40.0 Å². The van der Waals surface area contributed by atoms with E-state index in [9.17, 15) is 4.79 Å². The molecule has 0 aliphatic heterocycles. The van der Waals surface area contributed by atoms with Crippen LogP contribution >= 0.6 is 0 Å². The van der Waals surface area contributed by atoms with Crippen LogP contribution in [0.1, 0.15) is 40.0 Å². The van der Waals surface area contributed by atoms with Gasteiger partial charge >= 0.3 is 0 Å². The second-order valence-electron chi connectivity index (χ2n) is 5.25. The lowest BCUT2D eigenvalue weighted by molar-refractivity contribution is -0.128. The van der Waals surface area contributed by atoms with Crippen molar-refractivity contribution in [3.05, 3.63) is 0 Å². The van der Waals surface area contributed by atoms with Gasteiger partial charge in [0.05, 0.1) is 0 Å². The van der Waals surface area contributed by atoms with Gasteiger partial charge in [0.1, 0.15) is 5.78 Å².